The summed E-state index contributed by atoms with van der Waals surface area (Å²) in [6.07, 6.45) is 0. The second kappa shape index (κ2) is 4.94. The van der Waals surface area contributed by atoms with E-state index in [0.717, 1.165) is 5.69 Å². The van der Waals surface area contributed by atoms with E-state index < -0.39 is 12.0 Å². The van der Waals surface area contributed by atoms with Crippen LogP contribution in [0.25, 0.3) is 0 Å². The van der Waals surface area contributed by atoms with E-state index in [9.17, 15) is 4.79 Å². The molecule has 5 heteroatoms. The van der Waals surface area contributed by atoms with Crippen molar-refractivity contribution in [1.29, 1.82) is 0 Å². The van der Waals surface area contributed by atoms with Crippen molar-refractivity contribution in [3.63, 3.8) is 0 Å². The normalized spacial score (nSPS) is 11.9. The summed E-state index contributed by atoms with van der Waals surface area (Å²) < 4.78 is 0. The highest BCUT2D eigenvalue weighted by atomic mass is 32.1. The topological polar surface area (TPSA) is 66.6 Å². The summed E-state index contributed by atoms with van der Waals surface area (Å²) in [6.45, 7) is 1.61. The lowest BCUT2D eigenvalue weighted by atomic mass is 10.1. The number of aliphatic carboxylic acids is 1. The Hall–Kier alpha value is -1.62. The number of carbonyl (C=O) groups is 1. The summed E-state index contributed by atoms with van der Waals surface area (Å²) in [6, 6.07) is 6.59. The maximum atomic E-state index is 10.9. The Morgan fingerprint density at radius 1 is 1.50 bits per heavy atom. The molecule has 16 heavy (non-hydrogen) atoms. The van der Waals surface area contributed by atoms with Gasteiger partial charge in [-0.15, -0.1) is 0 Å². The van der Waals surface area contributed by atoms with E-state index >= 15 is 0 Å². The molecule has 0 aromatic heterocycles. The number of likely N-dealkylation sites (N-methyl/N-ethyl adjacent to an activating group) is 1. The fraction of sp³-hybridized carbons (Fsp3) is 0.273. The van der Waals surface area contributed by atoms with E-state index in [1.165, 1.54) is 0 Å². The molecule has 0 heterocycles. The average molecular weight is 238 g/mol. The lowest BCUT2D eigenvalue weighted by Crippen LogP contribution is -2.36. The molecule has 0 spiro atoms. The fourth-order valence-corrected chi connectivity index (χ4v) is 1.54. The molecule has 1 unspecified atom stereocenters. The molecule has 86 valence electrons. The monoisotopic (exact) mass is 238 g/mol. The number of hydrogen-bond donors (Lipinski definition) is 2. The Kier molecular flexibility index (Phi) is 3.84. The highest BCUT2D eigenvalue weighted by Crippen LogP contribution is 2.20. The number of nitrogens with zero attached hydrogens (tertiary/aromatic N) is 1. The third kappa shape index (κ3) is 2.49. The number of nitrogens with two attached hydrogens (primary N) is 1. The molecule has 0 fully saturated rings. The van der Waals surface area contributed by atoms with Gasteiger partial charge in [-0.1, -0.05) is 24.4 Å². The zero-order chi connectivity index (χ0) is 12.3. The number of anilines is 1. The molecule has 0 radical (unpaired) electrons. The minimum absolute atomic E-state index is 0.264. The van der Waals surface area contributed by atoms with E-state index in [1.54, 1.807) is 31.0 Å². The van der Waals surface area contributed by atoms with Crippen LogP contribution in [0.1, 0.15) is 12.5 Å². The molecule has 0 bridgehead atoms. The summed E-state index contributed by atoms with van der Waals surface area (Å²) in [5.74, 6) is -0.889. The van der Waals surface area contributed by atoms with Gasteiger partial charge >= 0.3 is 5.97 Å². The van der Waals surface area contributed by atoms with E-state index in [-0.39, 0.29) is 4.99 Å². The van der Waals surface area contributed by atoms with Crippen molar-refractivity contribution in [1.82, 2.24) is 0 Å². The second-order valence-electron chi connectivity index (χ2n) is 3.51. The largest absolute Gasteiger partial charge is 0.480 e. The van der Waals surface area contributed by atoms with Crippen molar-refractivity contribution >= 4 is 28.9 Å². The molecular weight excluding hydrogens is 224 g/mol. The Labute approximate surface area is 99.7 Å². The Balaban J connectivity index is 3.12. The first-order chi connectivity index (χ1) is 7.45. The highest BCUT2D eigenvalue weighted by molar-refractivity contribution is 7.80. The fourth-order valence-electron chi connectivity index (χ4n) is 1.36. The number of carboxylic acid groups (broad SMARTS) is 1. The van der Waals surface area contributed by atoms with Crippen LogP contribution in [0.3, 0.4) is 0 Å². The van der Waals surface area contributed by atoms with Crippen LogP contribution >= 0.6 is 12.2 Å². The maximum absolute atomic E-state index is 10.9. The number of carboxylic acids is 1. The van der Waals surface area contributed by atoms with Gasteiger partial charge in [0.1, 0.15) is 11.0 Å². The second-order valence-corrected chi connectivity index (χ2v) is 3.95. The molecule has 4 nitrogen and oxygen atoms in total. The van der Waals surface area contributed by atoms with Crippen molar-refractivity contribution in [2.45, 2.75) is 13.0 Å². The standard InChI is InChI=1S/C11H14N2O2S/c1-7(11(14)15)13(2)9-6-4-3-5-8(9)10(12)16/h3-7H,1-2H3,(H2,12,16)(H,14,15). The zero-order valence-electron chi connectivity index (χ0n) is 9.18. The van der Waals surface area contributed by atoms with Gasteiger partial charge in [-0.2, -0.15) is 0 Å². The first kappa shape index (κ1) is 12.4. The third-order valence-electron chi connectivity index (χ3n) is 2.49. The molecule has 0 aliphatic rings. The number of rotatable bonds is 4. The number of thiocarbonyl (C=S) groups is 1. The van der Waals surface area contributed by atoms with Crippen LogP contribution in [0.2, 0.25) is 0 Å². The molecule has 0 saturated carbocycles. The smallest absolute Gasteiger partial charge is 0.326 e. The number of benzene rings is 1. The van der Waals surface area contributed by atoms with Gasteiger partial charge in [0.15, 0.2) is 0 Å². The Morgan fingerprint density at radius 3 is 2.56 bits per heavy atom. The lowest BCUT2D eigenvalue weighted by molar-refractivity contribution is -0.138. The average Bonchev–Trinajstić information content (AvgIpc) is 2.26. The van der Waals surface area contributed by atoms with Gasteiger partial charge in [0, 0.05) is 18.3 Å². The predicted octanol–water partition coefficient (Wildman–Crippen LogP) is 1.23. The molecule has 0 aliphatic carbocycles. The van der Waals surface area contributed by atoms with Crippen molar-refractivity contribution < 1.29 is 9.90 Å². The first-order valence-corrected chi connectivity index (χ1v) is 5.20. The molecule has 1 rings (SSSR count). The molecule has 0 aliphatic heterocycles. The summed E-state index contributed by atoms with van der Waals surface area (Å²) in [5.41, 5.74) is 7.00. The maximum Gasteiger partial charge on any atom is 0.326 e. The quantitative estimate of drug-likeness (QED) is 0.772. The molecule has 3 N–H and O–H groups in total. The van der Waals surface area contributed by atoms with E-state index in [1.807, 2.05) is 12.1 Å². The van der Waals surface area contributed by atoms with Crippen LogP contribution in [0.5, 0.6) is 0 Å². The Bertz CT molecular complexity index is 420. The predicted molar refractivity (Wildman–Crippen MR) is 67.8 cm³/mol. The summed E-state index contributed by atoms with van der Waals surface area (Å²) in [7, 11) is 1.70. The van der Waals surface area contributed by atoms with Gasteiger partial charge < -0.3 is 15.7 Å². The van der Waals surface area contributed by atoms with Gasteiger partial charge in [0.05, 0.1) is 0 Å². The highest BCUT2D eigenvalue weighted by Gasteiger charge is 2.19. The van der Waals surface area contributed by atoms with Gasteiger partial charge in [-0.25, -0.2) is 4.79 Å². The van der Waals surface area contributed by atoms with Gasteiger partial charge in [-0.3, -0.25) is 0 Å². The minimum Gasteiger partial charge on any atom is -0.480 e. The van der Waals surface area contributed by atoms with E-state index in [0.29, 0.717) is 5.56 Å². The van der Waals surface area contributed by atoms with Crippen LogP contribution in [-0.4, -0.2) is 29.2 Å². The number of para-hydroxylation sites is 1. The van der Waals surface area contributed by atoms with Crippen molar-refractivity contribution in [2.24, 2.45) is 5.73 Å². The Morgan fingerprint density at radius 2 is 2.06 bits per heavy atom. The lowest BCUT2D eigenvalue weighted by Gasteiger charge is -2.25. The molecule has 1 atom stereocenters. The van der Waals surface area contributed by atoms with Crippen molar-refractivity contribution in [3.05, 3.63) is 29.8 Å². The van der Waals surface area contributed by atoms with Crippen molar-refractivity contribution in [2.75, 3.05) is 11.9 Å². The molecular formula is C11H14N2O2S. The van der Waals surface area contributed by atoms with Crippen LogP contribution in [0, 0.1) is 0 Å². The van der Waals surface area contributed by atoms with E-state index in [4.69, 9.17) is 23.1 Å². The molecule has 0 saturated heterocycles. The van der Waals surface area contributed by atoms with Gasteiger partial charge in [-0.05, 0) is 19.1 Å². The number of hydrogen-bond acceptors (Lipinski definition) is 3. The SMILES string of the molecule is CC(C(=O)O)N(C)c1ccccc1C(N)=S. The van der Waals surface area contributed by atoms with Gasteiger partial charge in [0.2, 0.25) is 0 Å². The van der Waals surface area contributed by atoms with Crippen LogP contribution in [-0.2, 0) is 4.79 Å². The molecule has 1 aromatic rings. The first-order valence-electron chi connectivity index (χ1n) is 4.79. The molecule has 1 aromatic carbocycles. The summed E-state index contributed by atoms with van der Waals surface area (Å²) in [5, 5.41) is 8.94. The molecule has 0 amide bonds. The summed E-state index contributed by atoms with van der Waals surface area (Å²) >= 11 is 4.92. The summed E-state index contributed by atoms with van der Waals surface area (Å²) in [4.78, 5) is 12.8. The van der Waals surface area contributed by atoms with Crippen LogP contribution in [0.15, 0.2) is 24.3 Å². The van der Waals surface area contributed by atoms with Gasteiger partial charge in [0.25, 0.3) is 0 Å². The van der Waals surface area contributed by atoms with Crippen molar-refractivity contribution in [3.8, 4) is 0 Å². The van der Waals surface area contributed by atoms with Crippen LogP contribution in [0.4, 0.5) is 5.69 Å². The minimum atomic E-state index is -0.889. The third-order valence-corrected chi connectivity index (χ3v) is 2.71. The zero-order valence-corrected chi connectivity index (χ0v) is 9.99. The van der Waals surface area contributed by atoms with Crippen LogP contribution < -0.4 is 10.6 Å². The van der Waals surface area contributed by atoms with E-state index in [2.05, 4.69) is 0 Å².